The molecule has 0 bridgehead atoms. The van der Waals surface area contributed by atoms with Crippen LogP contribution >= 0.6 is 0 Å². The molecular formula is C42H51N9O9S. The molecule has 0 saturated carbocycles. The number of amides is 2. The number of rotatable bonds is 16. The summed E-state index contributed by atoms with van der Waals surface area (Å²) < 4.78 is 42.4. The van der Waals surface area contributed by atoms with Crippen molar-refractivity contribution < 1.29 is 37.1 Å². The topological polar surface area (TPSA) is 259 Å². The van der Waals surface area contributed by atoms with Crippen molar-refractivity contribution in [2.75, 3.05) is 24.2 Å². The van der Waals surface area contributed by atoms with Crippen LogP contribution < -0.4 is 21.1 Å². The summed E-state index contributed by atoms with van der Waals surface area (Å²) >= 11 is 0. The highest BCUT2D eigenvalue weighted by Crippen LogP contribution is 2.24. The summed E-state index contributed by atoms with van der Waals surface area (Å²) in [6.07, 6.45) is 0.474. The molecule has 0 spiro atoms. The van der Waals surface area contributed by atoms with Gasteiger partial charge in [-0.25, -0.2) is 23.2 Å². The number of nitro benzene ring substituents is 1. The number of nitro groups is 1. The van der Waals surface area contributed by atoms with Crippen LogP contribution in [0.4, 0.5) is 16.2 Å². The van der Waals surface area contributed by atoms with Gasteiger partial charge in [0.2, 0.25) is 15.9 Å². The van der Waals surface area contributed by atoms with Crippen LogP contribution in [-0.4, -0.2) is 75.9 Å². The molecule has 0 radical (unpaired) electrons. The van der Waals surface area contributed by atoms with Gasteiger partial charge < -0.3 is 40.5 Å². The molecule has 2 amide bonds. The molecule has 7 N–H and O–H groups in total. The van der Waals surface area contributed by atoms with Crippen LogP contribution in [0.15, 0.2) is 97.1 Å². The fourth-order valence-electron chi connectivity index (χ4n) is 5.68. The molecule has 0 aliphatic carbocycles. The second kappa shape index (κ2) is 19.8. The van der Waals surface area contributed by atoms with Gasteiger partial charge in [-0.2, -0.15) is 0 Å². The standard InChI is InChI=1S/C21H27N5O4S.C21H24N4O5/c1-21(2,22)20(27)25-18(13-30-12-14-7-5-4-6-8-14)19-23-16-10-9-15(11-17(16)24-19)26-31(3,28)29;1-21(2,3)30-20(26)24-18(13-29-12-14-7-5-4-6-8-14)19-22-16-10-9-15(25(27)28)11-17(16)23-19/h4-11,18,26H,12-13,22H2,1-3H3,(H,23,24)(H,25,27);4-11,18H,12-13H2,1-3H3,(H,22,23)(H,24,26)/t2*18-/m11/s1. The number of hydrogen-bond donors (Lipinski definition) is 6. The van der Waals surface area contributed by atoms with Gasteiger partial charge in [0.05, 0.1) is 70.9 Å². The van der Waals surface area contributed by atoms with E-state index in [0.717, 1.165) is 17.4 Å². The number of non-ortho nitro benzene ring substituents is 1. The lowest BCUT2D eigenvalue weighted by Gasteiger charge is -2.23. The summed E-state index contributed by atoms with van der Waals surface area (Å²) in [5, 5.41) is 16.7. The lowest BCUT2D eigenvalue weighted by Crippen LogP contribution is -2.50. The average Bonchev–Trinajstić information content (AvgIpc) is 3.80. The SMILES string of the molecule is CC(C)(C)OC(=O)N[C@H](COCc1ccccc1)c1nc2ccc([N+](=O)[O-])cc2[nH]1.CC(C)(N)C(=O)N[C@H](COCc1ccccc1)c1nc2ccc(NS(C)(=O)=O)cc2[nH]1. The predicted molar refractivity (Wildman–Crippen MR) is 231 cm³/mol. The Morgan fingerprint density at radius 3 is 1.74 bits per heavy atom. The lowest BCUT2D eigenvalue weighted by molar-refractivity contribution is -0.384. The highest BCUT2D eigenvalue weighted by atomic mass is 32.2. The number of fused-ring (bicyclic) bond motifs is 2. The number of aromatic nitrogens is 4. The number of nitrogens with two attached hydrogens (primary N) is 1. The predicted octanol–water partition coefficient (Wildman–Crippen LogP) is 6.30. The Morgan fingerprint density at radius 1 is 0.770 bits per heavy atom. The van der Waals surface area contributed by atoms with Gasteiger partial charge in [0.25, 0.3) is 5.69 Å². The zero-order valence-electron chi connectivity index (χ0n) is 34.7. The highest BCUT2D eigenvalue weighted by molar-refractivity contribution is 7.92. The lowest BCUT2D eigenvalue weighted by atomic mass is 10.1. The van der Waals surface area contributed by atoms with E-state index in [1.807, 2.05) is 60.7 Å². The van der Waals surface area contributed by atoms with Crippen LogP contribution in [-0.2, 0) is 42.2 Å². The van der Waals surface area contributed by atoms with Crippen molar-refractivity contribution in [3.8, 4) is 0 Å². The highest BCUT2D eigenvalue weighted by Gasteiger charge is 2.28. The molecule has 0 unspecified atom stereocenters. The number of nitrogens with zero attached hydrogens (tertiary/aromatic N) is 3. The average molecular weight is 858 g/mol. The summed E-state index contributed by atoms with van der Waals surface area (Å²) in [4.78, 5) is 50.5. The van der Waals surface area contributed by atoms with Gasteiger partial charge in [-0.15, -0.1) is 0 Å². The molecule has 2 heterocycles. The van der Waals surface area contributed by atoms with Crippen LogP contribution in [0.5, 0.6) is 0 Å². The Balaban J connectivity index is 0.000000231. The number of carbonyl (C=O) groups is 2. The molecular weight excluding hydrogens is 807 g/mol. The molecule has 0 fully saturated rings. The molecule has 0 aliphatic rings. The third kappa shape index (κ3) is 14.4. The minimum absolute atomic E-state index is 0.0466. The van der Waals surface area contributed by atoms with E-state index >= 15 is 0 Å². The van der Waals surface area contributed by atoms with Crippen molar-refractivity contribution in [1.82, 2.24) is 30.6 Å². The summed E-state index contributed by atoms with van der Waals surface area (Å²) in [6.45, 7) is 9.59. The van der Waals surface area contributed by atoms with E-state index in [2.05, 4.69) is 35.3 Å². The monoisotopic (exact) mass is 857 g/mol. The second-order valence-electron chi connectivity index (χ2n) is 15.8. The maximum Gasteiger partial charge on any atom is 0.408 e. The van der Waals surface area contributed by atoms with E-state index < -0.39 is 44.3 Å². The molecule has 4 aromatic carbocycles. The molecule has 6 aromatic rings. The van der Waals surface area contributed by atoms with Gasteiger partial charge in [-0.1, -0.05) is 60.7 Å². The number of nitrogens with one attached hydrogen (secondary N) is 5. The van der Waals surface area contributed by atoms with E-state index in [-0.39, 0.29) is 24.8 Å². The van der Waals surface area contributed by atoms with Crippen molar-refractivity contribution >= 4 is 55.5 Å². The third-order valence-electron chi connectivity index (χ3n) is 8.53. The maximum atomic E-state index is 12.5. The van der Waals surface area contributed by atoms with E-state index in [1.165, 1.54) is 12.1 Å². The molecule has 324 valence electrons. The number of carbonyl (C=O) groups excluding carboxylic acids is 2. The molecule has 2 aromatic heterocycles. The molecule has 2 atom stereocenters. The molecule has 61 heavy (non-hydrogen) atoms. The van der Waals surface area contributed by atoms with Gasteiger partial charge >= 0.3 is 6.09 Å². The fourth-order valence-corrected chi connectivity index (χ4v) is 6.23. The van der Waals surface area contributed by atoms with Crippen molar-refractivity contribution in [3.63, 3.8) is 0 Å². The maximum absolute atomic E-state index is 12.5. The van der Waals surface area contributed by atoms with Crippen molar-refractivity contribution in [2.45, 2.75) is 71.1 Å². The van der Waals surface area contributed by atoms with Crippen LogP contribution in [0.1, 0.15) is 69.5 Å². The minimum atomic E-state index is -3.40. The smallest absolute Gasteiger partial charge is 0.408 e. The van der Waals surface area contributed by atoms with Gasteiger partial charge in [-0.3, -0.25) is 19.6 Å². The van der Waals surface area contributed by atoms with Crippen LogP contribution in [0, 0.1) is 10.1 Å². The van der Waals surface area contributed by atoms with Crippen molar-refractivity contribution in [1.29, 1.82) is 0 Å². The molecule has 6 rings (SSSR count). The summed E-state index contributed by atoms with van der Waals surface area (Å²) in [7, 11) is -3.40. The largest absolute Gasteiger partial charge is 0.444 e. The van der Waals surface area contributed by atoms with Gasteiger partial charge in [-0.05, 0) is 70.0 Å². The number of sulfonamides is 1. The molecule has 0 saturated heterocycles. The fraction of sp³-hybridized carbons (Fsp3) is 0.333. The van der Waals surface area contributed by atoms with E-state index in [0.29, 0.717) is 52.6 Å². The Hall–Kier alpha value is -6.41. The van der Waals surface area contributed by atoms with Gasteiger partial charge in [0, 0.05) is 12.1 Å². The number of aromatic amines is 2. The first-order chi connectivity index (χ1) is 28.7. The van der Waals surface area contributed by atoms with Crippen molar-refractivity contribution in [2.24, 2.45) is 5.73 Å². The quantitative estimate of drug-likeness (QED) is 0.0463. The van der Waals surface area contributed by atoms with Crippen LogP contribution in [0.2, 0.25) is 0 Å². The van der Waals surface area contributed by atoms with E-state index in [4.69, 9.17) is 19.9 Å². The Morgan fingerprint density at radius 2 is 1.26 bits per heavy atom. The van der Waals surface area contributed by atoms with Gasteiger partial charge in [0.15, 0.2) is 0 Å². The van der Waals surface area contributed by atoms with Crippen molar-refractivity contribution in [3.05, 3.63) is 130 Å². The number of hydrogen-bond acceptors (Lipinski definition) is 12. The number of anilines is 1. The minimum Gasteiger partial charge on any atom is -0.444 e. The Labute approximate surface area is 353 Å². The zero-order valence-corrected chi connectivity index (χ0v) is 35.5. The third-order valence-corrected chi connectivity index (χ3v) is 9.14. The Kier molecular flexibility index (Phi) is 14.8. The zero-order chi connectivity index (χ0) is 44.4. The number of benzene rings is 4. The first kappa shape index (κ1) is 45.7. The van der Waals surface area contributed by atoms with E-state index in [9.17, 15) is 28.1 Å². The number of imidazole rings is 2. The number of ether oxygens (including phenoxy) is 3. The molecule has 18 nitrogen and oxygen atoms in total. The second-order valence-corrected chi connectivity index (χ2v) is 17.5. The summed E-state index contributed by atoms with van der Waals surface area (Å²) in [5.74, 6) is 0.558. The van der Waals surface area contributed by atoms with Crippen LogP contribution in [0.3, 0.4) is 0 Å². The summed E-state index contributed by atoms with van der Waals surface area (Å²) in [6, 6.07) is 27.4. The molecule has 0 aliphatic heterocycles. The first-order valence-electron chi connectivity index (χ1n) is 19.2. The van der Waals surface area contributed by atoms with Gasteiger partial charge in [0.1, 0.15) is 29.3 Å². The van der Waals surface area contributed by atoms with E-state index in [1.54, 1.807) is 58.9 Å². The normalized spacial score (nSPS) is 12.8. The summed E-state index contributed by atoms with van der Waals surface area (Å²) in [5.41, 5.74) is 8.86. The number of alkyl carbamates (subject to hydrolysis) is 1. The number of H-pyrrole nitrogens is 2. The Bertz CT molecular complexity index is 2530. The molecule has 19 heteroatoms. The van der Waals surface area contributed by atoms with Crippen LogP contribution in [0.25, 0.3) is 22.1 Å². The first-order valence-corrected chi connectivity index (χ1v) is 21.1.